The fraction of sp³-hybridized carbons (Fsp3) is 0.316. The zero-order valence-corrected chi connectivity index (χ0v) is 15.6. The summed E-state index contributed by atoms with van der Waals surface area (Å²) in [6.45, 7) is 2.48. The van der Waals surface area contributed by atoms with E-state index in [1.807, 2.05) is 24.3 Å². The number of nitrogens with one attached hydrogen (secondary N) is 1. The van der Waals surface area contributed by atoms with E-state index >= 15 is 0 Å². The Labute approximate surface area is 153 Å². The Morgan fingerprint density at radius 3 is 2.42 bits per heavy atom. The fourth-order valence-electron chi connectivity index (χ4n) is 2.98. The Morgan fingerprint density at radius 2 is 1.77 bits per heavy atom. The summed E-state index contributed by atoms with van der Waals surface area (Å²) in [5.41, 5.74) is 2.24. The van der Waals surface area contributed by atoms with Crippen LogP contribution in [0.15, 0.2) is 53.4 Å². The standard InChI is InChI=1S/C19H22N2O4S/c1-14(19(22)20-2)25-17-7-9-18(10-8-17)26(23,24)21-12-11-15-5-3-4-6-16(15)13-21/h3-10,14H,11-13H2,1-2H3,(H,20,22)/t14-/m1/s1. The Kier molecular flexibility index (Phi) is 5.29. The van der Waals surface area contributed by atoms with Gasteiger partial charge in [-0.1, -0.05) is 24.3 Å². The number of likely N-dealkylation sites (N-methyl/N-ethyl adjacent to an activating group) is 1. The molecule has 1 amide bonds. The number of ether oxygens (including phenoxy) is 1. The van der Waals surface area contributed by atoms with Crippen molar-refractivity contribution in [1.82, 2.24) is 9.62 Å². The van der Waals surface area contributed by atoms with Crippen LogP contribution >= 0.6 is 0 Å². The van der Waals surface area contributed by atoms with Gasteiger partial charge in [0.2, 0.25) is 10.0 Å². The van der Waals surface area contributed by atoms with Gasteiger partial charge in [-0.15, -0.1) is 0 Å². The van der Waals surface area contributed by atoms with Gasteiger partial charge < -0.3 is 10.1 Å². The first kappa shape index (κ1) is 18.4. The van der Waals surface area contributed by atoms with Crippen molar-refractivity contribution in [2.45, 2.75) is 30.9 Å². The van der Waals surface area contributed by atoms with Gasteiger partial charge in [0.1, 0.15) is 5.75 Å². The average Bonchev–Trinajstić information content (AvgIpc) is 2.67. The van der Waals surface area contributed by atoms with Gasteiger partial charge in [0.25, 0.3) is 5.91 Å². The van der Waals surface area contributed by atoms with E-state index in [4.69, 9.17) is 4.74 Å². The molecular formula is C19H22N2O4S. The number of nitrogens with zero attached hydrogens (tertiary/aromatic N) is 1. The molecule has 1 N–H and O–H groups in total. The molecule has 6 nitrogen and oxygen atoms in total. The van der Waals surface area contributed by atoms with Crippen LogP contribution in [0.2, 0.25) is 0 Å². The summed E-state index contributed by atoms with van der Waals surface area (Å²) >= 11 is 0. The third kappa shape index (κ3) is 3.73. The maximum atomic E-state index is 12.9. The third-order valence-corrected chi connectivity index (χ3v) is 6.35. The van der Waals surface area contributed by atoms with Crippen LogP contribution in [0.5, 0.6) is 5.75 Å². The minimum absolute atomic E-state index is 0.219. The van der Waals surface area contributed by atoms with Crippen LogP contribution in [0, 0.1) is 0 Å². The summed E-state index contributed by atoms with van der Waals surface area (Å²) in [5, 5.41) is 2.51. The number of rotatable bonds is 5. The van der Waals surface area contributed by atoms with Crippen molar-refractivity contribution in [2.24, 2.45) is 0 Å². The number of amides is 1. The van der Waals surface area contributed by atoms with Crippen molar-refractivity contribution < 1.29 is 17.9 Å². The van der Waals surface area contributed by atoms with Crippen molar-refractivity contribution in [1.29, 1.82) is 0 Å². The molecule has 2 aromatic carbocycles. The second kappa shape index (κ2) is 7.47. The van der Waals surface area contributed by atoms with Gasteiger partial charge in [-0.3, -0.25) is 4.79 Å². The molecule has 0 bridgehead atoms. The van der Waals surface area contributed by atoms with Gasteiger partial charge in [-0.05, 0) is 48.7 Å². The highest BCUT2D eigenvalue weighted by atomic mass is 32.2. The lowest BCUT2D eigenvalue weighted by Gasteiger charge is -2.28. The zero-order chi connectivity index (χ0) is 18.7. The molecule has 0 spiro atoms. The Bertz CT molecular complexity index is 894. The van der Waals surface area contributed by atoms with E-state index in [0.29, 0.717) is 25.3 Å². The molecule has 3 rings (SSSR count). The van der Waals surface area contributed by atoms with Crippen molar-refractivity contribution in [3.05, 3.63) is 59.7 Å². The lowest BCUT2D eigenvalue weighted by atomic mass is 10.0. The highest BCUT2D eigenvalue weighted by Crippen LogP contribution is 2.26. The molecule has 26 heavy (non-hydrogen) atoms. The lowest BCUT2D eigenvalue weighted by Crippen LogP contribution is -2.36. The van der Waals surface area contributed by atoms with E-state index in [9.17, 15) is 13.2 Å². The average molecular weight is 374 g/mol. The Morgan fingerprint density at radius 1 is 1.12 bits per heavy atom. The van der Waals surface area contributed by atoms with E-state index in [0.717, 1.165) is 5.56 Å². The molecular weight excluding hydrogens is 352 g/mol. The van der Waals surface area contributed by atoms with Gasteiger partial charge in [-0.25, -0.2) is 8.42 Å². The molecule has 0 fully saturated rings. The molecule has 138 valence electrons. The number of hydrogen-bond donors (Lipinski definition) is 1. The predicted octanol–water partition coefficient (Wildman–Crippen LogP) is 1.95. The highest BCUT2D eigenvalue weighted by molar-refractivity contribution is 7.89. The normalized spacial score (nSPS) is 15.8. The molecule has 0 saturated carbocycles. The van der Waals surface area contributed by atoms with Gasteiger partial charge in [0.05, 0.1) is 4.90 Å². The zero-order valence-electron chi connectivity index (χ0n) is 14.8. The highest BCUT2D eigenvalue weighted by Gasteiger charge is 2.28. The SMILES string of the molecule is CNC(=O)[C@@H](C)Oc1ccc(S(=O)(=O)N2CCc3ccccc3C2)cc1. The first-order valence-corrected chi connectivity index (χ1v) is 9.91. The fourth-order valence-corrected chi connectivity index (χ4v) is 4.39. The summed E-state index contributed by atoms with van der Waals surface area (Å²) in [5.74, 6) is 0.206. The van der Waals surface area contributed by atoms with E-state index in [1.165, 1.54) is 29.0 Å². The number of carbonyl (C=O) groups excluding carboxylic acids is 1. The largest absolute Gasteiger partial charge is 0.481 e. The van der Waals surface area contributed by atoms with Crippen LogP contribution in [-0.4, -0.2) is 38.3 Å². The first-order chi connectivity index (χ1) is 12.4. The minimum Gasteiger partial charge on any atom is -0.481 e. The summed E-state index contributed by atoms with van der Waals surface area (Å²) < 4.78 is 32.8. The molecule has 1 aliphatic heterocycles. The summed E-state index contributed by atoms with van der Waals surface area (Å²) in [6.07, 6.45) is 0.0568. The van der Waals surface area contributed by atoms with Crippen LogP contribution in [0.3, 0.4) is 0 Å². The van der Waals surface area contributed by atoms with E-state index in [2.05, 4.69) is 5.32 Å². The van der Waals surface area contributed by atoms with Crippen LogP contribution < -0.4 is 10.1 Å². The number of benzene rings is 2. The van der Waals surface area contributed by atoms with Crippen LogP contribution in [0.4, 0.5) is 0 Å². The number of carbonyl (C=O) groups is 1. The molecule has 0 unspecified atom stereocenters. The quantitative estimate of drug-likeness (QED) is 0.868. The van der Waals surface area contributed by atoms with Gasteiger partial charge >= 0.3 is 0 Å². The molecule has 0 aliphatic carbocycles. The van der Waals surface area contributed by atoms with Crippen molar-refractivity contribution in [2.75, 3.05) is 13.6 Å². The van der Waals surface area contributed by atoms with Gasteiger partial charge in [-0.2, -0.15) is 4.31 Å². The van der Waals surface area contributed by atoms with Crippen molar-refractivity contribution in [3.8, 4) is 5.75 Å². The summed E-state index contributed by atoms with van der Waals surface area (Å²) in [7, 11) is -2.04. The van der Waals surface area contributed by atoms with Gasteiger partial charge in [0, 0.05) is 20.1 Å². The predicted molar refractivity (Wildman–Crippen MR) is 98.3 cm³/mol. The summed E-state index contributed by atoms with van der Waals surface area (Å²) in [4.78, 5) is 11.7. The van der Waals surface area contributed by atoms with Gasteiger partial charge in [0.15, 0.2) is 6.10 Å². The van der Waals surface area contributed by atoms with E-state index in [1.54, 1.807) is 19.1 Å². The van der Waals surface area contributed by atoms with Crippen LogP contribution in [0.25, 0.3) is 0 Å². The number of hydrogen-bond acceptors (Lipinski definition) is 4. The van der Waals surface area contributed by atoms with Crippen LogP contribution in [0.1, 0.15) is 18.1 Å². The molecule has 1 heterocycles. The van der Waals surface area contributed by atoms with Crippen molar-refractivity contribution in [3.63, 3.8) is 0 Å². The Hall–Kier alpha value is -2.38. The molecule has 0 saturated heterocycles. The second-order valence-corrected chi connectivity index (χ2v) is 8.14. The molecule has 0 radical (unpaired) electrons. The first-order valence-electron chi connectivity index (χ1n) is 8.47. The molecule has 0 aromatic heterocycles. The molecule has 1 atom stereocenters. The molecule has 7 heteroatoms. The third-order valence-electron chi connectivity index (χ3n) is 4.49. The topological polar surface area (TPSA) is 75.7 Å². The van der Waals surface area contributed by atoms with Crippen molar-refractivity contribution >= 4 is 15.9 Å². The van der Waals surface area contributed by atoms with E-state index < -0.39 is 16.1 Å². The minimum atomic E-state index is -3.57. The second-order valence-electron chi connectivity index (χ2n) is 6.20. The monoisotopic (exact) mass is 374 g/mol. The molecule has 1 aliphatic rings. The van der Waals surface area contributed by atoms with Crippen LogP contribution in [-0.2, 0) is 27.8 Å². The maximum absolute atomic E-state index is 12.9. The molecule has 2 aromatic rings. The smallest absolute Gasteiger partial charge is 0.260 e. The maximum Gasteiger partial charge on any atom is 0.260 e. The summed E-state index contributed by atoms with van der Waals surface area (Å²) in [6, 6.07) is 14.1. The Balaban J connectivity index is 1.75. The number of sulfonamides is 1. The lowest BCUT2D eigenvalue weighted by molar-refractivity contribution is -0.126. The van der Waals surface area contributed by atoms with E-state index in [-0.39, 0.29) is 10.8 Å². The number of fused-ring (bicyclic) bond motifs is 1.